The number of carbonyl (C=O) groups is 1. The van der Waals surface area contributed by atoms with E-state index in [1.165, 1.54) is 0 Å². The van der Waals surface area contributed by atoms with Crippen LogP contribution in [0.1, 0.15) is 52.0 Å². The predicted octanol–water partition coefficient (Wildman–Crippen LogP) is 5.76. The molecular weight excluding hydrogens is 484 g/mol. The standard InChI is InChI=1S/C29H28N4O3S/c1-4-36-23-14-12-22(13-15-23)33-27(26(31-29(33)37)25-7-5-6-16-30-25)24-17-18(2)32(19(24)3)21-10-8-20(9-11-21)28(34)35/h5-17,26-27H,4H2,1-3H3,(H,31,37)(H,34,35)/t26-,27+/m0/s1. The zero-order chi connectivity index (χ0) is 26.1. The topological polar surface area (TPSA) is 79.6 Å². The van der Waals surface area contributed by atoms with Gasteiger partial charge in [0.2, 0.25) is 0 Å². The fraction of sp³-hybridized carbons (Fsp3) is 0.207. The molecule has 1 saturated heterocycles. The summed E-state index contributed by atoms with van der Waals surface area (Å²) in [7, 11) is 0. The largest absolute Gasteiger partial charge is 0.494 e. The molecule has 2 aromatic carbocycles. The van der Waals surface area contributed by atoms with Gasteiger partial charge in [0.15, 0.2) is 5.11 Å². The highest BCUT2D eigenvalue weighted by Gasteiger charge is 2.42. The molecule has 8 heteroatoms. The van der Waals surface area contributed by atoms with Crippen LogP contribution >= 0.6 is 12.2 Å². The Morgan fingerprint density at radius 3 is 2.38 bits per heavy atom. The molecule has 3 heterocycles. The number of aromatic nitrogens is 2. The third kappa shape index (κ3) is 4.56. The number of carboxylic acid groups (broad SMARTS) is 1. The summed E-state index contributed by atoms with van der Waals surface area (Å²) in [4.78, 5) is 18.1. The van der Waals surface area contributed by atoms with Crippen LogP contribution in [0.2, 0.25) is 0 Å². The Morgan fingerprint density at radius 2 is 1.76 bits per heavy atom. The van der Waals surface area contributed by atoms with Gasteiger partial charge in [0.05, 0.1) is 29.9 Å². The first-order valence-electron chi connectivity index (χ1n) is 12.1. The van der Waals surface area contributed by atoms with Gasteiger partial charge in [-0.1, -0.05) is 6.07 Å². The summed E-state index contributed by atoms with van der Waals surface area (Å²) in [5.41, 5.74) is 6.22. The van der Waals surface area contributed by atoms with Gasteiger partial charge in [-0.15, -0.1) is 0 Å². The third-order valence-electron chi connectivity index (χ3n) is 6.69. The van der Waals surface area contributed by atoms with Crippen LogP contribution in [0.5, 0.6) is 5.75 Å². The maximum Gasteiger partial charge on any atom is 0.335 e. The maximum absolute atomic E-state index is 11.3. The number of aryl methyl sites for hydroxylation is 1. The number of hydrogen-bond acceptors (Lipinski definition) is 4. The SMILES string of the molecule is CCOc1ccc(N2C(=S)N[C@@H](c3ccccn3)[C@H]2c2cc(C)n(-c3ccc(C(=O)O)cc3)c2C)cc1. The van der Waals surface area contributed by atoms with Gasteiger partial charge in [0.25, 0.3) is 0 Å². The van der Waals surface area contributed by atoms with Crippen LogP contribution in [-0.2, 0) is 0 Å². The molecule has 5 rings (SSSR count). The van der Waals surface area contributed by atoms with E-state index < -0.39 is 5.97 Å². The van der Waals surface area contributed by atoms with Crippen LogP contribution in [0, 0.1) is 13.8 Å². The molecule has 1 aliphatic rings. The lowest BCUT2D eigenvalue weighted by Gasteiger charge is -2.28. The highest BCUT2D eigenvalue weighted by atomic mass is 32.1. The number of pyridine rings is 1. The van der Waals surface area contributed by atoms with E-state index in [4.69, 9.17) is 17.0 Å². The molecule has 188 valence electrons. The van der Waals surface area contributed by atoms with Crippen LogP contribution in [0.4, 0.5) is 5.69 Å². The Balaban J connectivity index is 1.62. The molecule has 1 aliphatic heterocycles. The van der Waals surface area contributed by atoms with E-state index in [1.54, 1.807) is 18.3 Å². The molecule has 4 aromatic rings. The van der Waals surface area contributed by atoms with Crippen LogP contribution in [-0.4, -0.2) is 32.3 Å². The zero-order valence-corrected chi connectivity index (χ0v) is 21.7. The number of nitrogens with zero attached hydrogens (tertiary/aromatic N) is 3. The number of thiocarbonyl (C=S) groups is 1. The van der Waals surface area contributed by atoms with E-state index in [0.717, 1.165) is 39.8 Å². The van der Waals surface area contributed by atoms with Crippen molar-refractivity contribution in [1.29, 1.82) is 0 Å². The molecule has 0 radical (unpaired) electrons. The summed E-state index contributed by atoms with van der Waals surface area (Å²) in [5, 5.41) is 13.4. The third-order valence-corrected chi connectivity index (χ3v) is 7.00. The Bertz CT molecular complexity index is 1430. The molecule has 37 heavy (non-hydrogen) atoms. The van der Waals surface area contributed by atoms with E-state index in [9.17, 15) is 9.90 Å². The van der Waals surface area contributed by atoms with Crippen molar-refractivity contribution in [3.8, 4) is 11.4 Å². The fourth-order valence-corrected chi connectivity index (χ4v) is 5.40. The monoisotopic (exact) mass is 512 g/mol. The summed E-state index contributed by atoms with van der Waals surface area (Å²) in [6, 6.07) is 22.7. The van der Waals surface area contributed by atoms with Crippen LogP contribution in [0.3, 0.4) is 0 Å². The molecule has 7 nitrogen and oxygen atoms in total. The van der Waals surface area contributed by atoms with Crippen molar-refractivity contribution in [1.82, 2.24) is 14.9 Å². The van der Waals surface area contributed by atoms with E-state index >= 15 is 0 Å². The van der Waals surface area contributed by atoms with Crippen molar-refractivity contribution >= 4 is 29.0 Å². The second-order valence-corrected chi connectivity index (χ2v) is 9.32. The second-order valence-electron chi connectivity index (χ2n) is 8.94. The quantitative estimate of drug-likeness (QED) is 0.305. The highest BCUT2D eigenvalue weighted by molar-refractivity contribution is 7.80. The van der Waals surface area contributed by atoms with Gasteiger partial charge in [-0.3, -0.25) is 4.98 Å². The number of carboxylic acids is 1. The smallest absolute Gasteiger partial charge is 0.335 e. The number of rotatable bonds is 7. The molecule has 0 bridgehead atoms. The normalized spacial score (nSPS) is 17.1. The van der Waals surface area contributed by atoms with Crippen molar-refractivity contribution in [2.24, 2.45) is 0 Å². The van der Waals surface area contributed by atoms with Gasteiger partial charge >= 0.3 is 5.97 Å². The molecule has 0 spiro atoms. The number of ether oxygens (including phenoxy) is 1. The van der Waals surface area contributed by atoms with Crippen molar-refractivity contribution in [2.75, 3.05) is 11.5 Å². The van der Waals surface area contributed by atoms with Gasteiger partial charge in [-0.05, 0) is 105 Å². The number of anilines is 1. The number of aromatic carboxylic acids is 1. The molecule has 2 aromatic heterocycles. The first kappa shape index (κ1) is 24.5. The molecule has 1 fully saturated rings. The van der Waals surface area contributed by atoms with E-state index in [0.29, 0.717) is 11.7 Å². The van der Waals surface area contributed by atoms with Gasteiger partial charge < -0.3 is 24.6 Å². The van der Waals surface area contributed by atoms with E-state index in [-0.39, 0.29) is 17.6 Å². The van der Waals surface area contributed by atoms with Crippen molar-refractivity contribution in [3.05, 3.63) is 107 Å². The number of benzene rings is 2. The molecule has 2 N–H and O–H groups in total. The first-order chi connectivity index (χ1) is 17.9. The summed E-state index contributed by atoms with van der Waals surface area (Å²) >= 11 is 5.87. The van der Waals surface area contributed by atoms with Crippen molar-refractivity contribution < 1.29 is 14.6 Å². The van der Waals surface area contributed by atoms with Crippen LogP contribution in [0.15, 0.2) is 79.0 Å². The Morgan fingerprint density at radius 1 is 1.05 bits per heavy atom. The van der Waals surface area contributed by atoms with Gasteiger partial charge in [-0.2, -0.15) is 0 Å². The van der Waals surface area contributed by atoms with Gasteiger partial charge in [0.1, 0.15) is 5.75 Å². The summed E-state index contributed by atoms with van der Waals surface area (Å²) in [6.45, 7) is 6.71. The first-order valence-corrected chi connectivity index (χ1v) is 12.6. The average molecular weight is 513 g/mol. The Labute approximate surface area is 221 Å². The lowest BCUT2D eigenvalue weighted by Crippen LogP contribution is -2.29. The molecule has 0 aliphatic carbocycles. The molecule has 0 saturated carbocycles. The van der Waals surface area contributed by atoms with Crippen molar-refractivity contribution in [2.45, 2.75) is 32.9 Å². The fourth-order valence-electron chi connectivity index (χ4n) is 5.06. The molecule has 0 unspecified atom stereocenters. The second kappa shape index (κ2) is 10.1. The van der Waals surface area contributed by atoms with Crippen LogP contribution in [0.25, 0.3) is 5.69 Å². The minimum atomic E-state index is -0.942. The summed E-state index contributed by atoms with van der Waals surface area (Å²) in [6.07, 6.45) is 1.80. The van der Waals surface area contributed by atoms with E-state index in [2.05, 4.69) is 39.7 Å². The molecule has 0 amide bonds. The van der Waals surface area contributed by atoms with Gasteiger partial charge in [0, 0.05) is 29.0 Å². The number of hydrogen-bond donors (Lipinski definition) is 2. The Hall–Kier alpha value is -4.17. The zero-order valence-electron chi connectivity index (χ0n) is 20.9. The van der Waals surface area contributed by atoms with Gasteiger partial charge in [-0.25, -0.2) is 4.79 Å². The van der Waals surface area contributed by atoms with Crippen LogP contribution < -0.4 is 15.0 Å². The predicted molar refractivity (Wildman–Crippen MR) is 148 cm³/mol. The average Bonchev–Trinajstić information content (AvgIpc) is 3.40. The minimum Gasteiger partial charge on any atom is -0.494 e. The maximum atomic E-state index is 11.3. The molecular formula is C29H28N4O3S. The lowest BCUT2D eigenvalue weighted by atomic mass is 9.96. The molecule has 2 atom stereocenters. The van der Waals surface area contributed by atoms with Crippen molar-refractivity contribution in [3.63, 3.8) is 0 Å². The number of nitrogens with one attached hydrogen (secondary N) is 1. The minimum absolute atomic E-state index is 0.154. The lowest BCUT2D eigenvalue weighted by molar-refractivity contribution is 0.0697. The summed E-state index contributed by atoms with van der Waals surface area (Å²) < 4.78 is 7.79. The van der Waals surface area contributed by atoms with E-state index in [1.807, 2.05) is 61.5 Å². The Kier molecular flexibility index (Phi) is 6.67. The highest BCUT2D eigenvalue weighted by Crippen LogP contribution is 2.44. The summed E-state index contributed by atoms with van der Waals surface area (Å²) in [5.74, 6) is -0.131.